The van der Waals surface area contributed by atoms with Crippen LogP contribution in [0.5, 0.6) is 0 Å². The molecule has 0 atom stereocenters. The van der Waals surface area contributed by atoms with E-state index in [-0.39, 0.29) is 27.2 Å². The molecule has 0 spiro atoms. The minimum atomic E-state index is 0. The average Bonchev–Trinajstić information content (AvgIpc) is 2.39. The molecule has 0 saturated carbocycles. The van der Waals surface area contributed by atoms with Gasteiger partial charge < -0.3 is 33.2 Å². The molecule has 18 heavy (non-hydrogen) atoms. The molecule has 0 N–H and O–H groups in total. The SMILES string of the molecule is [CH2-]CCC.[CH2-]CCC.[CH2-]CCC.[CH2-]CCC.[O-2].[Ti+4]. The molecule has 0 amide bonds. The minimum Gasteiger partial charge on any atom is -2.00 e. The van der Waals surface area contributed by atoms with Crippen molar-refractivity contribution in [2.45, 2.75) is 79.1 Å². The van der Waals surface area contributed by atoms with Crippen molar-refractivity contribution < 1.29 is 27.2 Å². The zero-order valence-electron chi connectivity index (χ0n) is 13.4. The van der Waals surface area contributed by atoms with Gasteiger partial charge in [-0.05, 0) is 0 Å². The summed E-state index contributed by atoms with van der Waals surface area (Å²) in [4.78, 5) is 0. The summed E-state index contributed by atoms with van der Waals surface area (Å²) in [5.41, 5.74) is 0. The fourth-order valence-electron chi connectivity index (χ4n) is 0. The molecule has 1 nitrogen and oxygen atoms in total. The predicted octanol–water partition coefficient (Wildman–Crippen LogP) is 6.36. The third-order valence-corrected chi connectivity index (χ3v) is 1.41. The molecule has 2 heteroatoms. The second kappa shape index (κ2) is 65.3. The third-order valence-electron chi connectivity index (χ3n) is 1.41. The fourth-order valence-corrected chi connectivity index (χ4v) is 0. The second-order valence-corrected chi connectivity index (χ2v) is 3.41. The van der Waals surface area contributed by atoms with E-state index in [1.54, 1.807) is 0 Å². The van der Waals surface area contributed by atoms with E-state index >= 15 is 0 Å². The predicted molar refractivity (Wildman–Crippen MR) is 81.7 cm³/mol. The summed E-state index contributed by atoms with van der Waals surface area (Å²) in [6.45, 7) is 22.9. The molecule has 112 valence electrons. The first-order valence-corrected chi connectivity index (χ1v) is 6.83. The Labute approximate surface area is 134 Å². The Kier molecular flexibility index (Phi) is 132. The van der Waals surface area contributed by atoms with E-state index in [2.05, 4.69) is 55.4 Å². The van der Waals surface area contributed by atoms with Crippen molar-refractivity contribution in [1.82, 2.24) is 0 Å². The Bertz CT molecular complexity index is 35.1. The molecular weight excluding hydrogens is 256 g/mol. The Balaban J connectivity index is -0.0000000257. The molecule has 0 bridgehead atoms. The van der Waals surface area contributed by atoms with Crippen LogP contribution < -0.4 is 0 Å². The van der Waals surface area contributed by atoms with E-state index in [9.17, 15) is 0 Å². The molecule has 0 saturated heterocycles. The maximum Gasteiger partial charge on any atom is 4.00 e. The van der Waals surface area contributed by atoms with Crippen molar-refractivity contribution in [1.29, 1.82) is 0 Å². The van der Waals surface area contributed by atoms with E-state index in [1.165, 1.54) is 25.7 Å². The molecule has 0 aliphatic carbocycles. The van der Waals surface area contributed by atoms with Crippen molar-refractivity contribution in [3.8, 4) is 0 Å². The first-order valence-electron chi connectivity index (χ1n) is 6.83. The summed E-state index contributed by atoms with van der Waals surface area (Å²) >= 11 is 0. The molecule has 0 aliphatic rings. The van der Waals surface area contributed by atoms with Crippen LogP contribution in [0.4, 0.5) is 0 Å². The van der Waals surface area contributed by atoms with Crippen LogP contribution in [0, 0.1) is 27.7 Å². The number of rotatable bonds is 4. The van der Waals surface area contributed by atoms with Crippen molar-refractivity contribution in [2.75, 3.05) is 0 Å². The van der Waals surface area contributed by atoms with Crippen molar-refractivity contribution >= 4 is 0 Å². The van der Waals surface area contributed by atoms with Gasteiger partial charge in [0, 0.05) is 0 Å². The largest absolute Gasteiger partial charge is 4.00 e. The van der Waals surface area contributed by atoms with Gasteiger partial charge in [0.25, 0.3) is 0 Å². The topological polar surface area (TPSA) is 28.5 Å². The van der Waals surface area contributed by atoms with Crippen LogP contribution in [0.2, 0.25) is 0 Å². The van der Waals surface area contributed by atoms with Gasteiger partial charge in [-0.3, -0.25) is 0 Å². The van der Waals surface area contributed by atoms with Crippen molar-refractivity contribution in [2.24, 2.45) is 0 Å². The zero-order chi connectivity index (χ0) is 13.7. The molecule has 0 unspecified atom stereocenters. The average molecular weight is 292 g/mol. The third kappa shape index (κ3) is 187. The van der Waals surface area contributed by atoms with Gasteiger partial charge in [0.1, 0.15) is 0 Å². The molecule has 0 fully saturated rings. The molecule has 0 aromatic carbocycles. The second-order valence-electron chi connectivity index (χ2n) is 3.41. The minimum absolute atomic E-state index is 0. The summed E-state index contributed by atoms with van der Waals surface area (Å²) in [5, 5.41) is 0. The monoisotopic (exact) mass is 292 g/mol. The van der Waals surface area contributed by atoms with Gasteiger partial charge in [-0.1, -0.05) is 53.4 Å². The normalized spacial score (nSPS) is 6.67. The summed E-state index contributed by atoms with van der Waals surface area (Å²) in [6.07, 6.45) is 9.11. The van der Waals surface area contributed by atoms with E-state index in [4.69, 9.17) is 0 Å². The molecule has 0 heterocycles. The van der Waals surface area contributed by atoms with E-state index < -0.39 is 0 Å². The van der Waals surface area contributed by atoms with E-state index in [0.29, 0.717) is 0 Å². The van der Waals surface area contributed by atoms with Gasteiger partial charge in [-0.25, -0.2) is 0 Å². The van der Waals surface area contributed by atoms with Crippen LogP contribution in [0.25, 0.3) is 0 Å². The first-order chi connectivity index (χ1) is 7.66. The standard InChI is InChI=1S/4C4H9.O.Ti/c4*1-3-4-2;;/h4*1,3-4H2,2H3;;/q4*-1;-2;+4. The maximum atomic E-state index is 3.60. The summed E-state index contributed by atoms with van der Waals surface area (Å²) < 4.78 is 0. The Hall–Kier alpha value is 0.674. The van der Waals surface area contributed by atoms with E-state index in [0.717, 1.165) is 25.7 Å². The van der Waals surface area contributed by atoms with Crippen molar-refractivity contribution in [3.63, 3.8) is 0 Å². The number of unbranched alkanes of at least 4 members (excludes halogenated alkanes) is 4. The number of hydrogen-bond donors (Lipinski definition) is 0. The van der Waals surface area contributed by atoms with Gasteiger partial charge in [0.05, 0.1) is 0 Å². The van der Waals surface area contributed by atoms with E-state index in [1.807, 2.05) is 0 Å². The molecule has 0 aromatic heterocycles. The van der Waals surface area contributed by atoms with Crippen LogP contribution in [0.3, 0.4) is 0 Å². The molecule has 0 radical (unpaired) electrons. The molecular formula is C16H36OTi-2. The zero-order valence-corrected chi connectivity index (χ0v) is 15.0. The number of hydrogen-bond acceptors (Lipinski definition) is 0. The Morgan fingerprint density at radius 3 is 0.556 bits per heavy atom. The van der Waals surface area contributed by atoms with Crippen LogP contribution in [-0.4, -0.2) is 0 Å². The summed E-state index contributed by atoms with van der Waals surface area (Å²) in [7, 11) is 0. The fraction of sp³-hybridized carbons (Fsp3) is 0.750. The first kappa shape index (κ1) is 36.3. The smallest absolute Gasteiger partial charge is 2.00 e. The van der Waals surface area contributed by atoms with Gasteiger partial charge in [-0.15, -0.1) is 0 Å². The van der Waals surface area contributed by atoms with Gasteiger partial charge >= 0.3 is 21.7 Å². The van der Waals surface area contributed by atoms with Gasteiger partial charge in [-0.2, -0.15) is 25.7 Å². The van der Waals surface area contributed by atoms with Crippen LogP contribution in [-0.2, 0) is 27.2 Å². The Morgan fingerprint density at radius 2 is 0.556 bits per heavy atom. The maximum absolute atomic E-state index is 3.60. The quantitative estimate of drug-likeness (QED) is 0.426. The molecule has 0 rings (SSSR count). The van der Waals surface area contributed by atoms with Crippen molar-refractivity contribution in [3.05, 3.63) is 27.7 Å². The summed E-state index contributed by atoms with van der Waals surface area (Å²) in [6, 6.07) is 0. The summed E-state index contributed by atoms with van der Waals surface area (Å²) in [5.74, 6) is 0. The molecule has 0 aromatic rings. The van der Waals surface area contributed by atoms with Crippen LogP contribution in [0.1, 0.15) is 79.1 Å². The van der Waals surface area contributed by atoms with Gasteiger partial charge in [0.2, 0.25) is 0 Å². The van der Waals surface area contributed by atoms with Crippen LogP contribution in [0.15, 0.2) is 0 Å². The molecule has 0 aliphatic heterocycles. The Morgan fingerprint density at radius 1 is 0.500 bits per heavy atom. The van der Waals surface area contributed by atoms with Crippen LogP contribution >= 0.6 is 0 Å². The van der Waals surface area contributed by atoms with Gasteiger partial charge in [0.15, 0.2) is 0 Å².